The van der Waals surface area contributed by atoms with Crippen molar-refractivity contribution in [3.05, 3.63) is 0 Å². The largest absolute Gasteiger partial charge is 0.383 e. The van der Waals surface area contributed by atoms with Crippen molar-refractivity contribution in [3.8, 4) is 0 Å². The number of nitrogens with one attached hydrogen (secondary N) is 1. The van der Waals surface area contributed by atoms with Gasteiger partial charge in [0, 0.05) is 31.8 Å². The van der Waals surface area contributed by atoms with Crippen LogP contribution in [0.1, 0.15) is 58.8 Å². The quantitative estimate of drug-likeness (QED) is 0.686. The Bertz CT molecular complexity index is 219. The summed E-state index contributed by atoms with van der Waals surface area (Å²) in [6.07, 6.45) is 9.31. The van der Waals surface area contributed by atoms with Crippen molar-refractivity contribution >= 4 is 0 Å². The lowest BCUT2D eigenvalue weighted by molar-refractivity contribution is 0.0602. The number of hydrogen-bond donors (Lipinski definition) is 1. The molecule has 1 rings (SSSR count). The minimum atomic E-state index is 0.653. The first-order valence-corrected chi connectivity index (χ1v) is 8.20. The molecular weight excluding hydrogens is 236 g/mol. The minimum absolute atomic E-state index is 0.653. The summed E-state index contributed by atoms with van der Waals surface area (Å²) in [6, 6.07) is 2.04. The monoisotopic (exact) mass is 270 g/mol. The van der Waals surface area contributed by atoms with Gasteiger partial charge < -0.3 is 10.1 Å². The topological polar surface area (TPSA) is 24.5 Å². The van der Waals surface area contributed by atoms with E-state index in [4.69, 9.17) is 4.74 Å². The molecule has 0 radical (unpaired) electrons. The molecule has 0 spiro atoms. The summed E-state index contributed by atoms with van der Waals surface area (Å²) in [5.74, 6) is 0. The highest BCUT2D eigenvalue weighted by Crippen LogP contribution is 2.25. The van der Waals surface area contributed by atoms with Gasteiger partial charge in [0.25, 0.3) is 0 Å². The van der Waals surface area contributed by atoms with Crippen LogP contribution in [0.5, 0.6) is 0 Å². The minimum Gasteiger partial charge on any atom is -0.383 e. The summed E-state index contributed by atoms with van der Waals surface area (Å²) in [4.78, 5) is 2.73. The Morgan fingerprint density at radius 2 is 1.84 bits per heavy atom. The van der Waals surface area contributed by atoms with Gasteiger partial charge in [-0.1, -0.05) is 33.1 Å². The molecule has 0 saturated heterocycles. The molecule has 2 unspecified atom stereocenters. The Labute approximate surface area is 120 Å². The number of hydrogen-bond acceptors (Lipinski definition) is 3. The SMILES string of the molecule is CCC(CC)N(CCOC)C1CCCCCC1NC. The van der Waals surface area contributed by atoms with Crippen LogP contribution in [0.25, 0.3) is 0 Å². The first kappa shape index (κ1) is 16.9. The summed E-state index contributed by atoms with van der Waals surface area (Å²) < 4.78 is 5.34. The molecule has 114 valence electrons. The zero-order valence-electron chi connectivity index (χ0n) is 13.5. The van der Waals surface area contributed by atoms with Gasteiger partial charge in [-0.2, -0.15) is 0 Å². The number of rotatable bonds is 8. The first-order chi connectivity index (χ1) is 9.28. The van der Waals surface area contributed by atoms with Gasteiger partial charge >= 0.3 is 0 Å². The average Bonchev–Trinajstić information content (AvgIpc) is 2.68. The van der Waals surface area contributed by atoms with Gasteiger partial charge in [0.2, 0.25) is 0 Å². The summed E-state index contributed by atoms with van der Waals surface area (Å²) in [6.45, 7) is 6.56. The maximum absolute atomic E-state index is 5.34. The van der Waals surface area contributed by atoms with E-state index in [-0.39, 0.29) is 0 Å². The van der Waals surface area contributed by atoms with E-state index in [1.54, 1.807) is 0 Å². The highest BCUT2D eigenvalue weighted by atomic mass is 16.5. The maximum atomic E-state index is 5.34. The molecule has 1 fully saturated rings. The number of likely N-dealkylation sites (N-methyl/N-ethyl adjacent to an activating group) is 1. The Morgan fingerprint density at radius 3 is 2.42 bits per heavy atom. The smallest absolute Gasteiger partial charge is 0.0589 e. The number of ether oxygens (including phenoxy) is 1. The molecule has 0 aliphatic heterocycles. The molecule has 19 heavy (non-hydrogen) atoms. The second-order valence-corrected chi connectivity index (χ2v) is 5.80. The highest BCUT2D eigenvalue weighted by molar-refractivity contribution is 4.89. The Balaban J connectivity index is 2.78. The van der Waals surface area contributed by atoms with Crippen LogP contribution in [0.2, 0.25) is 0 Å². The molecule has 2 atom stereocenters. The van der Waals surface area contributed by atoms with Crippen molar-refractivity contribution in [1.82, 2.24) is 10.2 Å². The standard InChI is InChI=1S/C16H34N2O/c1-5-14(6-2)18(12-13-19-4)16-11-9-7-8-10-15(16)17-3/h14-17H,5-13H2,1-4H3. The van der Waals surface area contributed by atoms with Crippen LogP contribution in [0.4, 0.5) is 0 Å². The van der Waals surface area contributed by atoms with Crippen molar-refractivity contribution < 1.29 is 4.74 Å². The van der Waals surface area contributed by atoms with E-state index in [0.717, 1.165) is 13.2 Å². The van der Waals surface area contributed by atoms with E-state index in [9.17, 15) is 0 Å². The fourth-order valence-electron chi connectivity index (χ4n) is 3.60. The lowest BCUT2D eigenvalue weighted by Crippen LogP contribution is -2.53. The summed E-state index contributed by atoms with van der Waals surface area (Å²) in [5, 5.41) is 3.57. The van der Waals surface area contributed by atoms with Crippen molar-refractivity contribution in [1.29, 1.82) is 0 Å². The Hall–Kier alpha value is -0.120. The van der Waals surface area contributed by atoms with E-state index >= 15 is 0 Å². The van der Waals surface area contributed by atoms with E-state index in [1.165, 1.54) is 44.9 Å². The predicted octanol–water partition coefficient (Wildman–Crippen LogP) is 3.04. The normalized spacial score (nSPS) is 24.9. The predicted molar refractivity (Wildman–Crippen MR) is 82.7 cm³/mol. The van der Waals surface area contributed by atoms with Gasteiger partial charge in [-0.05, 0) is 32.7 Å². The fraction of sp³-hybridized carbons (Fsp3) is 1.00. The van der Waals surface area contributed by atoms with Crippen LogP contribution >= 0.6 is 0 Å². The lowest BCUT2D eigenvalue weighted by atomic mass is 9.97. The van der Waals surface area contributed by atoms with Crippen LogP contribution in [0.15, 0.2) is 0 Å². The van der Waals surface area contributed by atoms with Crippen LogP contribution in [-0.4, -0.2) is 50.3 Å². The van der Waals surface area contributed by atoms with E-state index in [1.807, 2.05) is 7.11 Å². The third kappa shape index (κ3) is 5.05. The van der Waals surface area contributed by atoms with Crippen molar-refractivity contribution in [2.75, 3.05) is 27.3 Å². The second-order valence-electron chi connectivity index (χ2n) is 5.80. The van der Waals surface area contributed by atoms with Gasteiger partial charge in [-0.15, -0.1) is 0 Å². The molecular formula is C16H34N2O. The van der Waals surface area contributed by atoms with E-state index in [2.05, 4.69) is 31.1 Å². The van der Waals surface area contributed by atoms with Gasteiger partial charge in [-0.3, -0.25) is 4.90 Å². The fourth-order valence-corrected chi connectivity index (χ4v) is 3.60. The van der Waals surface area contributed by atoms with Crippen LogP contribution in [-0.2, 0) is 4.74 Å². The first-order valence-electron chi connectivity index (χ1n) is 8.20. The zero-order valence-corrected chi connectivity index (χ0v) is 13.5. The molecule has 0 aromatic rings. The molecule has 0 amide bonds. The lowest BCUT2D eigenvalue weighted by Gasteiger charge is -2.41. The molecule has 0 aromatic carbocycles. The maximum Gasteiger partial charge on any atom is 0.0589 e. The van der Waals surface area contributed by atoms with Gasteiger partial charge in [0.1, 0.15) is 0 Å². The van der Waals surface area contributed by atoms with E-state index < -0.39 is 0 Å². The molecule has 3 nitrogen and oxygen atoms in total. The summed E-state index contributed by atoms with van der Waals surface area (Å²) >= 11 is 0. The highest BCUT2D eigenvalue weighted by Gasteiger charge is 2.30. The van der Waals surface area contributed by atoms with Crippen molar-refractivity contribution in [2.24, 2.45) is 0 Å². The molecule has 3 heteroatoms. The molecule has 1 N–H and O–H groups in total. The van der Waals surface area contributed by atoms with E-state index in [0.29, 0.717) is 18.1 Å². The number of methoxy groups -OCH3 is 1. The zero-order chi connectivity index (χ0) is 14.1. The molecule has 1 aliphatic rings. The van der Waals surface area contributed by atoms with Gasteiger partial charge in [-0.25, -0.2) is 0 Å². The molecule has 0 bridgehead atoms. The molecule has 1 saturated carbocycles. The van der Waals surface area contributed by atoms with Crippen LogP contribution < -0.4 is 5.32 Å². The van der Waals surface area contributed by atoms with Crippen LogP contribution in [0, 0.1) is 0 Å². The van der Waals surface area contributed by atoms with Gasteiger partial charge in [0.15, 0.2) is 0 Å². The molecule has 0 heterocycles. The van der Waals surface area contributed by atoms with Crippen molar-refractivity contribution in [2.45, 2.75) is 76.9 Å². The second kappa shape index (κ2) is 9.73. The van der Waals surface area contributed by atoms with Crippen LogP contribution in [0.3, 0.4) is 0 Å². The third-order valence-corrected chi connectivity index (χ3v) is 4.74. The van der Waals surface area contributed by atoms with Crippen molar-refractivity contribution in [3.63, 3.8) is 0 Å². The summed E-state index contributed by atoms with van der Waals surface area (Å²) in [7, 11) is 3.94. The summed E-state index contributed by atoms with van der Waals surface area (Å²) in [5.41, 5.74) is 0. The van der Waals surface area contributed by atoms with Gasteiger partial charge in [0.05, 0.1) is 6.61 Å². The molecule has 1 aliphatic carbocycles. The Morgan fingerprint density at radius 1 is 1.16 bits per heavy atom. The average molecular weight is 270 g/mol. The number of nitrogens with zero attached hydrogens (tertiary/aromatic N) is 1. The molecule has 0 aromatic heterocycles. The third-order valence-electron chi connectivity index (χ3n) is 4.74. The Kier molecular flexibility index (Phi) is 8.67.